The topological polar surface area (TPSA) is 50.9 Å². The molecule has 0 aliphatic carbocycles. The van der Waals surface area contributed by atoms with Crippen molar-refractivity contribution in [3.05, 3.63) is 192 Å². The Morgan fingerprint density at radius 1 is 0.554 bits per heavy atom. The molecule has 0 aliphatic heterocycles. The highest BCUT2D eigenvalue weighted by Gasteiger charge is 2.28. The van der Waals surface area contributed by atoms with Crippen LogP contribution >= 0.6 is 0 Å². The molecule has 0 unspecified atom stereocenters. The highest BCUT2D eigenvalue weighted by Crippen LogP contribution is 2.45. The molecule has 324 valence electrons. The third-order valence-corrected chi connectivity index (χ3v) is 12.7. The second-order valence-electron chi connectivity index (χ2n) is 19.9. The van der Waals surface area contributed by atoms with Gasteiger partial charge in [-0.15, -0.1) is 0 Å². The van der Waals surface area contributed by atoms with E-state index in [1.807, 2.05) is 33.0 Å². The highest BCUT2D eigenvalue weighted by atomic mass is 16.3. The van der Waals surface area contributed by atoms with E-state index in [9.17, 15) is 5.11 Å². The summed E-state index contributed by atoms with van der Waals surface area (Å²) in [5.41, 5.74) is 18.9. The average molecular weight is 851 g/mol. The summed E-state index contributed by atoms with van der Waals surface area (Å²) in [4.78, 5) is 10.6. The zero-order chi connectivity index (χ0) is 46.7. The van der Waals surface area contributed by atoms with Crippen LogP contribution in [0.2, 0.25) is 0 Å². The highest BCUT2D eigenvalue weighted by molar-refractivity contribution is 5.98. The van der Waals surface area contributed by atoms with E-state index >= 15 is 0 Å². The Balaban J connectivity index is 1.33. The Morgan fingerprint density at radius 3 is 1.86 bits per heavy atom. The first-order valence-corrected chi connectivity index (χ1v) is 22.7. The lowest BCUT2D eigenvalue weighted by Gasteiger charge is -2.27. The van der Waals surface area contributed by atoms with Gasteiger partial charge >= 0.3 is 0 Å². The van der Waals surface area contributed by atoms with Crippen molar-refractivity contribution in [2.75, 3.05) is 0 Å². The molecule has 0 fully saturated rings. The van der Waals surface area contributed by atoms with Crippen molar-refractivity contribution in [1.29, 1.82) is 0 Å². The Morgan fingerprint density at radius 2 is 1.22 bits per heavy atom. The zero-order valence-electron chi connectivity index (χ0n) is 40.4. The summed E-state index contributed by atoms with van der Waals surface area (Å²) >= 11 is 0. The normalized spacial score (nSPS) is 12.4. The molecule has 0 radical (unpaired) electrons. The van der Waals surface area contributed by atoms with Crippen molar-refractivity contribution in [3.8, 4) is 78.6 Å². The predicted molar refractivity (Wildman–Crippen MR) is 274 cm³/mol. The largest absolute Gasteiger partial charge is 0.507 e. The number of nitrogens with zero attached hydrogens (tertiary/aromatic N) is 3. The predicted octanol–water partition coefficient (Wildman–Crippen LogP) is 16.5. The van der Waals surface area contributed by atoms with Gasteiger partial charge in [0.25, 0.3) is 0 Å². The van der Waals surface area contributed by atoms with Crippen molar-refractivity contribution >= 4 is 11.0 Å². The van der Waals surface area contributed by atoms with Crippen LogP contribution in [0.3, 0.4) is 0 Å². The summed E-state index contributed by atoms with van der Waals surface area (Å²) < 4.78 is 10.8. The monoisotopic (exact) mass is 850 g/mol. The van der Waals surface area contributed by atoms with Gasteiger partial charge in [-0.3, -0.25) is 9.55 Å². The molecule has 0 atom stereocenters. The second kappa shape index (κ2) is 16.8. The third kappa shape index (κ3) is 8.42. The first-order chi connectivity index (χ1) is 31.3. The number of para-hydroxylation sites is 1. The summed E-state index contributed by atoms with van der Waals surface area (Å²) in [6.07, 6.45) is 1.89. The second-order valence-corrected chi connectivity index (χ2v) is 19.9. The lowest BCUT2D eigenvalue weighted by atomic mass is 9.79. The van der Waals surface area contributed by atoms with Crippen LogP contribution in [0, 0.1) is 13.8 Å². The Bertz CT molecular complexity index is 3250. The average Bonchev–Trinajstić information content (AvgIpc) is 3.69. The SMILES string of the molecule is [2H]C(C)(C)c1ccc(-c2ccnc(-c3cc(-c4cccc5c4nc(-c4cc(C)cc(C)c4O)n5-c4cc(-c5ccccc5)c(C(C)(C)C)cc4-c4ccccc4)cc(C(C)(C)C)c3)c2)cc1. The quantitative estimate of drug-likeness (QED) is 0.166. The number of aromatic nitrogens is 3. The molecule has 9 aromatic rings. The number of phenolic OH excluding ortho intramolecular Hbond substituents is 1. The van der Waals surface area contributed by atoms with E-state index in [0.29, 0.717) is 11.4 Å². The van der Waals surface area contributed by atoms with Crippen LogP contribution < -0.4 is 0 Å². The molecule has 0 aliphatic rings. The van der Waals surface area contributed by atoms with E-state index in [1.54, 1.807) is 0 Å². The van der Waals surface area contributed by atoms with Crippen LogP contribution in [-0.4, -0.2) is 19.6 Å². The number of hydrogen-bond donors (Lipinski definition) is 1. The Kier molecular flexibility index (Phi) is 10.9. The van der Waals surface area contributed by atoms with Crippen molar-refractivity contribution in [1.82, 2.24) is 14.5 Å². The summed E-state index contributed by atoms with van der Waals surface area (Å²) in [6, 6.07) is 55.9. The van der Waals surface area contributed by atoms with Gasteiger partial charge in [-0.1, -0.05) is 165 Å². The summed E-state index contributed by atoms with van der Waals surface area (Å²) in [6.45, 7) is 21.5. The maximum absolute atomic E-state index is 12.0. The molecule has 2 aromatic heterocycles. The minimum atomic E-state index is -0.670. The maximum Gasteiger partial charge on any atom is 0.149 e. The van der Waals surface area contributed by atoms with Crippen molar-refractivity contribution in [2.24, 2.45) is 0 Å². The van der Waals surface area contributed by atoms with Crippen LogP contribution in [0.25, 0.3) is 83.9 Å². The van der Waals surface area contributed by atoms with E-state index in [0.717, 1.165) is 89.2 Å². The van der Waals surface area contributed by atoms with Crippen molar-refractivity contribution < 1.29 is 6.48 Å². The van der Waals surface area contributed by atoms with Gasteiger partial charge < -0.3 is 5.11 Å². The molecule has 0 saturated heterocycles. The fourth-order valence-electron chi connectivity index (χ4n) is 9.11. The van der Waals surface area contributed by atoms with E-state index in [-0.39, 0.29) is 16.6 Å². The number of imidazole rings is 1. The van der Waals surface area contributed by atoms with Crippen molar-refractivity contribution in [3.63, 3.8) is 0 Å². The summed E-state index contributed by atoms with van der Waals surface area (Å²) in [5, 5.41) is 12.0. The minimum absolute atomic E-state index is 0.166. The van der Waals surface area contributed by atoms with Gasteiger partial charge in [-0.25, -0.2) is 4.98 Å². The molecular formula is C61H59N3O. The van der Waals surface area contributed by atoms with E-state index in [1.165, 1.54) is 11.1 Å². The number of hydrogen-bond acceptors (Lipinski definition) is 3. The number of pyridine rings is 1. The van der Waals surface area contributed by atoms with E-state index in [2.05, 4.69) is 205 Å². The lowest BCUT2D eigenvalue weighted by molar-refractivity contribution is 0.472. The molecule has 7 aromatic carbocycles. The van der Waals surface area contributed by atoms with E-state index in [4.69, 9.17) is 11.3 Å². The number of fused-ring (bicyclic) bond motifs is 1. The van der Waals surface area contributed by atoms with Gasteiger partial charge in [-0.2, -0.15) is 0 Å². The Hall–Kier alpha value is -7.04. The van der Waals surface area contributed by atoms with Crippen LogP contribution in [0.1, 0.15) is 90.5 Å². The molecule has 9 rings (SSSR count). The van der Waals surface area contributed by atoms with Crippen LogP contribution in [0.15, 0.2) is 164 Å². The smallest absolute Gasteiger partial charge is 0.149 e. The molecule has 0 amide bonds. The summed E-state index contributed by atoms with van der Waals surface area (Å²) in [7, 11) is 0. The molecule has 0 saturated carbocycles. The van der Waals surface area contributed by atoms with Gasteiger partial charge in [0, 0.05) is 24.3 Å². The molecule has 2 heterocycles. The van der Waals surface area contributed by atoms with Crippen LogP contribution in [0.4, 0.5) is 0 Å². The van der Waals surface area contributed by atoms with Gasteiger partial charge in [0.1, 0.15) is 11.6 Å². The lowest BCUT2D eigenvalue weighted by Crippen LogP contribution is -2.14. The standard InChI is InChI=1S/C61H59N3O/c1-38(2)41-24-26-42(27-25-41)45-28-29-62-54(35-45)47-32-46(33-48(34-47)60(5,6)7)49-22-17-23-55-57(49)63-59(52-31-39(3)30-40(4)58(52)65)64(55)56-37-50(43-18-13-11-14-19-43)53(61(8,9)10)36-51(56)44-20-15-12-16-21-44/h11-38,65H,1-10H3/i38D. The molecule has 4 nitrogen and oxygen atoms in total. The third-order valence-electron chi connectivity index (χ3n) is 12.7. The minimum Gasteiger partial charge on any atom is -0.507 e. The number of phenols is 1. The van der Waals surface area contributed by atoms with Crippen LogP contribution in [-0.2, 0) is 10.8 Å². The molecule has 1 N–H and O–H groups in total. The number of aryl methyl sites for hydroxylation is 2. The van der Waals surface area contributed by atoms with Gasteiger partial charge in [0.2, 0.25) is 0 Å². The molecule has 65 heavy (non-hydrogen) atoms. The van der Waals surface area contributed by atoms with Crippen LogP contribution in [0.5, 0.6) is 5.75 Å². The fourth-order valence-corrected chi connectivity index (χ4v) is 9.11. The first kappa shape index (κ1) is 41.9. The molecule has 0 bridgehead atoms. The zero-order valence-corrected chi connectivity index (χ0v) is 39.4. The number of benzene rings is 7. The molecule has 0 spiro atoms. The number of aromatic hydroxyl groups is 1. The summed E-state index contributed by atoms with van der Waals surface area (Å²) in [5.74, 6) is 0.218. The van der Waals surface area contributed by atoms with Gasteiger partial charge in [0.15, 0.2) is 0 Å². The number of rotatable bonds is 8. The fraction of sp³-hybridized carbons (Fsp3) is 0.213. The van der Waals surface area contributed by atoms with Crippen molar-refractivity contribution in [2.45, 2.75) is 86.0 Å². The van der Waals surface area contributed by atoms with E-state index < -0.39 is 5.89 Å². The van der Waals surface area contributed by atoms with Gasteiger partial charge in [-0.05, 0) is 140 Å². The molecular weight excluding hydrogens is 791 g/mol. The van der Waals surface area contributed by atoms with Gasteiger partial charge in [0.05, 0.1) is 28.0 Å². The Labute approximate surface area is 386 Å². The molecule has 4 heteroatoms. The first-order valence-electron chi connectivity index (χ1n) is 23.2. The maximum atomic E-state index is 12.0.